The Kier molecular flexibility index (Phi) is 4.34. The van der Waals surface area contributed by atoms with Crippen LogP contribution < -0.4 is 5.32 Å². The molecule has 3 rings (SSSR count). The van der Waals surface area contributed by atoms with Gasteiger partial charge in [0.15, 0.2) is 0 Å². The molecular formula is C18H31N3O. The number of aryl methyl sites for hydroxylation is 2. The Bertz CT molecular complexity index is 533. The van der Waals surface area contributed by atoms with E-state index in [1.165, 1.54) is 42.6 Å². The largest absolute Gasteiger partial charge is 0.378 e. The summed E-state index contributed by atoms with van der Waals surface area (Å²) in [6.07, 6.45) is 6.80. The highest BCUT2D eigenvalue weighted by Gasteiger charge is 2.58. The first-order valence-electron chi connectivity index (χ1n) is 8.84. The molecule has 0 saturated heterocycles. The molecule has 2 fully saturated rings. The smallest absolute Gasteiger partial charge is 0.0661 e. The van der Waals surface area contributed by atoms with Crippen molar-refractivity contribution in [3.8, 4) is 0 Å². The highest BCUT2D eigenvalue weighted by molar-refractivity contribution is 5.25. The second-order valence-corrected chi connectivity index (χ2v) is 7.36. The molecule has 0 bridgehead atoms. The monoisotopic (exact) mass is 305 g/mol. The number of ether oxygens (including phenoxy) is 1. The zero-order chi connectivity index (χ0) is 15.9. The Hall–Kier alpha value is -0.870. The van der Waals surface area contributed by atoms with E-state index in [1.54, 1.807) is 0 Å². The summed E-state index contributed by atoms with van der Waals surface area (Å²) < 4.78 is 7.95. The van der Waals surface area contributed by atoms with Crippen LogP contribution in [0.25, 0.3) is 0 Å². The van der Waals surface area contributed by atoms with Crippen LogP contribution >= 0.6 is 0 Å². The number of nitrogens with one attached hydrogen (secondary N) is 1. The summed E-state index contributed by atoms with van der Waals surface area (Å²) in [5.41, 5.74) is 4.33. The highest BCUT2D eigenvalue weighted by Crippen LogP contribution is 2.57. The van der Waals surface area contributed by atoms with Gasteiger partial charge in [0.25, 0.3) is 0 Å². The molecule has 2 saturated carbocycles. The zero-order valence-electron chi connectivity index (χ0n) is 14.8. The SMILES string of the molecule is CCO[C@@H]1C[C@@H](N[C@H](C)Cc2c(C)nn(C)c2C)C12CCC2. The quantitative estimate of drug-likeness (QED) is 0.878. The van der Waals surface area contributed by atoms with E-state index < -0.39 is 0 Å². The Balaban J connectivity index is 1.60. The fraction of sp³-hybridized carbons (Fsp3) is 0.833. The van der Waals surface area contributed by atoms with Crippen LogP contribution in [0.4, 0.5) is 0 Å². The molecule has 1 aromatic heterocycles. The number of hydrogen-bond acceptors (Lipinski definition) is 3. The molecule has 1 N–H and O–H groups in total. The lowest BCUT2D eigenvalue weighted by Gasteiger charge is -2.61. The van der Waals surface area contributed by atoms with Crippen LogP contribution in [0.2, 0.25) is 0 Å². The lowest BCUT2D eigenvalue weighted by Crippen LogP contribution is -2.68. The van der Waals surface area contributed by atoms with Crippen LogP contribution in [0.15, 0.2) is 0 Å². The first kappa shape index (κ1) is 16.0. The fourth-order valence-corrected chi connectivity index (χ4v) is 4.49. The lowest BCUT2D eigenvalue weighted by molar-refractivity contribution is -0.174. The highest BCUT2D eigenvalue weighted by atomic mass is 16.5. The molecule has 3 atom stereocenters. The van der Waals surface area contributed by atoms with Crippen LogP contribution in [0.5, 0.6) is 0 Å². The molecule has 0 aliphatic heterocycles. The topological polar surface area (TPSA) is 39.1 Å². The molecule has 0 aromatic carbocycles. The van der Waals surface area contributed by atoms with Gasteiger partial charge in [0.1, 0.15) is 0 Å². The normalized spacial score (nSPS) is 27.5. The van der Waals surface area contributed by atoms with Crippen molar-refractivity contribution in [3.63, 3.8) is 0 Å². The maximum absolute atomic E-state index is 5.95. The van der Waals surface area contributed by atoms with Gasteiger partial charge in [-0.05, 0) is 58.9 Å². The van der Waals surface area contributed by atoms with Gasteiger partial charge < -0.3 is 10.1 Å². The zero-order valence-corrected chi connectivity index (χ0v) is 14.8. The van der Waals surface area contributed by atoms with Crippen LogP contribution in [0.1, 0.15) is 56.5 Å². The third-order valence-corrected chi connectivity index (χ3v) is 6.09. The summed E-state index contributed by atoms with van der Waals surface area (Å²) in [6.45, 7) is 9.57. The van der Waals surface area contributed by atoms with E-state index in [-0.39, 0.29) is 0 Å². The van der Waals surface area contributed by atoms with Crippen molar-refractivity contribution in [2.24, 2.45) is 12.5 Å². The van der Waals surface area contributed by atoms with Crippen molar-refractivity contribution in [1.82, 2.24) is 15.1 Å². The summed E-state index contributed by atoms with van der Waals surface area (Å²) in [6, 6.07) is 1.14. The summed E-state index contributed by atoms with van der Waals surface area (Å²) in [5, 5.41) is 8.43. The molecular weight excluding hydrogens is 274 g/mol. The minimum Gasteiger partial charge on any atom is -0.378 e. The molecule has 0 radical (unpaired) electrons. The van der Waals surface area contributed by atoms with Crippen molar-refractivity contribution in [2.75, 3.05) is 6.61 Å². The molecule has 4 nitrogen and oxygen atoms in total. The average molecular weight is 305 g/mol. The van der Waals surface area contributed by atoms with Gasteiger partial charge in [-0.2, -0.15) is 5.10 Å². The van der Waals surface area contributed by atoms with Crippen molar-refractivity contribution in [1.29, 1.82) is 0 Å². The van der Waals surface area contributed by atoms with Gasteiger partial charge in [0.05, 0.1) is 11.8 Å². The van der Waals surface area contributed by atoms with E-state index in [2.05, 4.69) is 38.1 Å². The molecule has 4 heteroatoms. The molecule has 1 spiro atoms. The first-order chi connectivity index (χ1) is 10.5. The van der Waals surface area contributed by atoms with E-state index in [0.717, 1.165) is 13.0 Å². The van der Waals surface area contributed by atoms with E-state index in [9.17, 15) is 0 Å². The summed E-state index contributed by atoms with van der Waals surface area (Å²) in [4.78, 5) is 0. The van der Waals surface area contributed by atoms with E-state index in [0.29, 0.717) is 23.6 Å². The maximum Gasteiger partial charge on any atom is 0.0661 e. The Morgan fingerprint density at radius 2 is 2.14 bits per heavy atom. The predicted molar refractivity (Wildman–Crippen MR) is 89.1 cm³/mol. The Morgan fingerprint density at radius 3 is 2.64 bits per heavy atom. The van der Waals surface area contributed by atoms with Crippen molar-refractivity contribution < 1.29 is 4.74 Å². The maximum atomic E-state index is 5.95. The standard InChI is InChI=1S/C18H31N3O/c1-6-22-17-11-16(18(17)8-7-9-18)19-12(2)10-15-13(3)20-21(5)14(15)4/h12,16-17,19H,6-11H2,1-5H3/t12-,16-,17-/m1/s1. The van der Waals surface area contributed by atoms with Crippen molar-refractivity contribution in [3.05, 3.63) is 17.0 Å². The Morgan fingerprint density at radius 1 is 1.41 bits per heavy atom. The number of aromatic nitrogens is 2. The van der Waals surface area contributed by atoms with Crippen LogP contribution in [0, 0.1) is 19.3 Å². The second-order valence-electron chi connectivity index (χ2n) is 7.36. The molecule has 2 aliphatic carbocycles. The molecule has 22 heavy (non-hydrogen) atoms. The van der Waals surface area contributed by atoms with Crippen molar-refractivity contribution in [2.45, 2.75) is 78.0 Å². The third-order valence-electron chi connectivity index (χ3n) is 6.09. The minimum atomic E-state index is 0.448. The van der Waals surface area contributed by atoms with Gasteiger partial charge in [0, 0.05) is 36.8 Å². The van der Waals surface area contributed by atoms with Gasteiger partial charge in [0.2, 0.25) is 0 Å². The summed E-state index contributed by atoms with van der Waals surface area (Å²) in [7, 11) is 2.03. The van der Waals surface area contributed by atoms with Gasteiger partial charge in [-0.1, -0.05) is 6.42 Å². The molecule has 1 aromatic rings. The van der Waals surface area contributed by atoms with Gasteiger partial charge in [-0.3, -0.25) is 4.68 Å². The molecule has 1 heterocycles. The molecule has 2 aliphatic rings. The van der Waals surface area contributed by atoms with Gasteiger partial charge >= 0.3 is 0 Å². The van der Waals surface area contributed by atoms with Gasteiger partial charge in [-0.15, -0.1) is 0 Å². The number of rotatable bonds is 6. The van der Waals surface area contributed by atoms with Crippen molar-refractivity contribution >= 4 is 0 Å². The van der Waals surface area contributed by atoms with E-state index in [1.807, 2.05) is 11.7 Å². The van der Waals surface area contributed by atoms with E-state index in [4.69, 9.17) is 4.74 Å². The van der Waals surface area contributed by atoms with Crippen LogP contribution in [-0.4, -0.2) is 34.6 Å². The fourth-order valence-electron chi connectivity index (χ4n) is 4.49. The third kappa shape index (κ3) is 2.50. The molecule has 124 valence electrons. The first-order valence-corrected chi connectivity index (χ1v) is 8.84. The summed E-state index contributed by atoms with van der Waals surface area (Å²) in [5.74, 6) is 0. The number of hydrogen-bond donors (Lipinski definition) is 1. The summed E-state index contributed by atoms with van der Waals surface area (Å²) >= 11 is 0. The van der Waals surface area contributed by atoms with E-state index >= 15 is 0 Å². The number of nitrogens with zero attached hydrogens (tertiary/aromatic N) is 2. The molecule has 0 unspecified atom stereocenters. The van der Waals surface area contributed by atoms with Crippen LogP contribution in [-0.2, 0) is 18.2 Å². The average Bonchev–Trinajstić information content (AvgIpc) is 2.62. The predicted octanol–water partition coefficient (Wildman–Crippen LogP) is 2.91. The lowest BCUT2D eigenvalue weighted by atomic mass is 9.51. The second kappa shape index (κ2) is 5.97. The minimum absolute atomic E-state index is 0.448. The van der Waals surface area contributed by atoms with Crippen LogP contribution in [0.3, 0.4) is 0 Å². The van der Waals surface area contributed by atoms with Gasteiger partial charge in [-0.25, -0.2) is 0 Å². The molecule has 0 amide bonds. The Labute approximate surface area is 134 Å².